The van der Waals surface area contributed by atoms with Crippen LogP contribution in [0.25, 0.3) is 43.6 Å². The van der Waals surface area contributed by atoms with E-state index in [1.807, 2.05) is 48.0 Å². The monoisotopic (exact) mass is 530 g/mol. The average Bonchev–Trinajstić information content (AvgIpc) is 3.71. The summed E-state index contributed by atoms with van der Waals surface area (Å²) in [6, 6.07) is 19.6. The standard InChI is InChI=1S/C32H26N4O4/c1-16(37)20-12-7-13-34(20)23-14-24-35-21-10-5-3-8-17(21)26-27-19(15-33-31(27)39)25-18-9-4-6-11-22(18)36(29(25)28(26)35)32(2,40-24)30(23)38/h3-13,23-24,30,38H,14-15H2,1-2H3,(H,33,39)/t23-,24-,30-,32+/m1/s1. The highest BCUT2D eigenvalue weighted by Gasteiger charge is 2.53. The van der Waals surface area contributed by atoms with Crippen molar-refractivity contribution >= 4 is 55.3 Å². The van der Waals surface area contributed by atoms with E-state index in [4.69, 9.17) is 4.74 Å². The summed E-state index contributed by atoms with van der Waals surface area (Å²) in [5.41, 5.74) is 4.94. The second kappa shape index (κ2) is 7.21. The number of carbonyl (C=O) groups excluding carboxylic acids is 2. The minimum Gasteiger partial charge on any atom is -0.386 e. The van der Waals surface area contributed by atoms with Crippen molar-refractivity contribution in [3.05, 3.63) is 83.7 Å². The SMILES string of the molecule is CC(=O)c1cccn1[C@@H]1C[C@H]2O[C@@](C)([C@@H]1O)n1c3ccccc3c3c4c(c5c6ccccc6n2c5c31)C(=O)NC4. The highest BCUT2D eigenvalue weighted by atomic mass is 16.6. The molecule has 198 valence electrons. The Morgan fingerprint density at radius 1 is 1.00 bits per heavy atom. The van der Waals surface area contributed by atoms with E-state index in [1.54, 1.807) is 13.0 Å². The quantitative estimate of drug-likeness (QED) is 0.295. The molecule has 3 aliphatic rings. The summed E-state index contributed by atoms with van der Waals surface area (Å²) < 4.78 is 13.3. The van der Waals surface area contributed by atoms with Gasteiger partial charge < -0.3 is 28.9 Å². The molecule has 0 aliphatic carbocycles. The first-order chi connectivity index (χ1) is 19.4. The van der Waals surface area contributed by atoms with Gasteiger partial charge in [-0.05, 0) is 36.8 Å². The number of ether oxygens (including phenoxy) is 1. The van der Waals surface area contributed by atoms with E-state index < -0.39 is 24.1 Å². The normalized spacial score (nSPS) is 25.3. The van der Waals surface area contributed by atoms with Gasteiger partial charge in [0.25, 0.3) is 5.91 Å². The molecule has 2 bridgehead atoms. The Labute approximate surface area is 228 Å². The van der Waals surface area contributed by atoms with E-state index in [0.717, 1.165) is 54.7 Å². The molecule has 1 saturated heterocycles. The van der Waals surface area contributed by atoms with Gasteiger partial charge in [0.15, 0.2) is 11.5 Å². The molecular weight excluding hydrogens is 504 g/mol. The number of amides is 1. The summed E-state index contributed by atoms with van der Waals surface area (Å²) in [6.45, 7) is 3.96. The maximum atomic E-state index is 13.4. The van der Waals surface area contributed by atoms with Gasteiger partial charge in [0.2, 0.25) is 0 Å². The third-order valence-electron chi connectivity index (χ3n) is 9.48. The maximum Gasteiger partial charge on any atom is 0.252 e. The highest BCUT2D eigenvalue weighted by Crippen LogP contribution is 2.55. The molecule has 2 N–H and O–H groups in total. The van der Waals surface area contributed by atoms with Crippen LogP contribution >= 0.6 is 0 Å². The van der Waals surface area contributed by atoms with Crippen LogP contribution in [-0.2, 0) is 17.0 Å². The first-order valence-corrected chi connectivity index (χ1v) is 13.7. The smallest absolute Gasteiger partial charge is 0.252 e. The molecule has 6 heterocycles. The van der Waals surface area contributed by atoms with Gasteiger partial charge in [0.1, 0.15) is 12.3 Å². The van der Waals surface area contributed by atoms with Crippen LogP contribution in [0.2, 0.25) is 0 Å². The van der Waals surface area contributed by atoms with Crippen molar-refractivity contribution in [1.29, 1.82) is 0 Å². The minimum atomic E-state index is -1.16. The predicted molar refractivity (Wildman–Crippen MR) is 151 cm³/mol. The van der Waals surface area contributed by atoms with Gasteiger partial charge in [-0.15, -0.1) is 0 Å². The second-order valence-electron chi connectivity index (χ2n) is 11.5. The van der Waals surface area contributed by atoms with Crippen LogP contribution in [0.5, 0.6) is 0 Å². The number of carbonyl (C=O) groups is 2. The van der Waals surface area contributed by atoms with Crippen molar-refractivity contribution < 1.29 is 19.4 Å². The number of aliphatic hydroxyl groups is 1. The first-order valence-electron chi connectivity index (χ1n) is 13.7. The molecular formula is C32H26N4O4. The molecule has 9 rings (SSSR count). The topological polar surface area (TPSA) is 90.4 Å². The molecule has 4 atom stereocenters. The van der Waals surface area contributed by atoms with E-state index in [0.29, 0.717) is 18.7 Å². The van der Waals surface area contributed by atoms with Gasteiger partial charge in [-0.1, -0.05) is 36.4 Å². The van der Waals surface area contributed by atoms with E-state index >= 15 is 0 Å². The molecule has 1 fully saturated rings. The molecule has 0 unspecified atom stereocenters. The third kappa shape index (κ3) is 2.41. The molecule has 8 nitrogen and oxygen atoms in total. The number of aliphatic hydroxyl groups excluding tert-OH is 1. The van der Waals surface area contributed by atoms with Crippen molar-refractivity contribution in [1.82, 2.24) is 19.0 Å². The van der Waals surface area contributed by atoms with Crippen LogP contribution in [0.4, 0.5) is 0 Å². The molecule has 3 aliphatic heterocycles. The lowest BCUT2D eigenvalue weighted by atomic mass is 9.92. The number of Topliss-reactive ketones (excluding diaryl/α,β-unsaturated/α-hetero) is 1. The minimum absolute atomic E-state index is 0.0508. The van der Waals surface area contributed by atoms with E-state index in [-0.39, 0.29) is 11.7 Å². The lowest BCUT2D eigenvalue weighted by Gasteiger charge is -2.47. The fourth-order valence-electron chi connectivity index (χ4n) is 7.92. The lowest BCUT2D eigenvalue weighted by Crippen LogP contribution is -2.53. The van der Waals surface area contributed by atoms with Crippen molar-refractivity contribution in [2.45, 2.75) is 50.9 Å². The highest BCUT2D eigenvalue weighted by molar-refractivity contribution is 6.31. The second-order valence-corrected chi connectivity index (χ2v) is 11.5. The molecule has 3 aromatic carbocycles. The van der Waals surface area contributed by atoms with Crippen LogP contribution < -0.4 is 5.32 Å². The van der Waals surface area contributed by atoms with Crippen LogP contribution in [0.3, 0.4) is 0 Å². The van der Waals surface area contributed by atoms with Gasteiger partial charge in [-0.25, -0.2) is 0 Å². The first kappa shape index (κ1) is 22.4. The van der Waals surface area contributed by atoms with Gasteiger partial charge in [-0.2, -0.15) is 0 Å². The maximum absolute atomic E-state index is 13.4. The van der Waals surface area contributed by atoms with Gasteiger partial charge in [0, 0.05) is 47.6 Å². The summed E-state index contributed by atoms with van der Waals surface area (Å²) in [7, 11) is 0. The van der Waals surface area contributed by atoms with Crippen molar-refractivity contribution in [3.63, 3.8) is 0 Å². The zero-order valence-electron chi connectivity index (χ0n) is 22.0. The Balaban J connectivity index is 1.51. The van der Waals surface area contributed by atoms with Crippen molar-refractivity contribution in [2.24, 2.45) is 0 Å². The molecule has 3 aromatic heterocycles. The Kier molecular flexibility index (Phi) is 4.04. The fourth-order valence-corrected chi connectivity index (χ4v) is 7.92. The summed E-state index contributed by atoms with van der Waals surface area (Å²) in [5, 5.41) is 19.3. The molecule has 40 heavy (non-hydrogen) atoms. The molecule has 0 spiro atoms. The predicted octanol–water partition coefficient (Wildman–Crippen LogP) is 5.36. The van der Waals surface area contributed by atoms with Gasteiger partial charge in [-0.3, -0.25) is 9.59 Å². The molecule has 1 amide bonds. The van der Waals surface area contributed by atoms with Crippen LogP contribution in [0, 0.1) is 0 Å². The van der Waals surface area contributed by atoms with Crippen LogP contribution in [0.1, 0.15) is 58.9 Å². The fraction of sp³-hybridized carbons (Fsp3) is 0.250. The Morgan fingerprint density at radius 3 is 2.50 bits per heavy atom. The summed E-state index contributed by atoms with van der Waals surface area (Å²) >= 11 is 0. The third-order valence-corrected chi connectivity index (χ3v) is 9.48. The Hall–Kier alpha value is -4.40. The van der Waals surface area contributed by atoms with Crippen LogP contribution in [-0.4, -0.2) is 36.6 Å². The van der Waals surface area contributed by atoms with Crippen LogP contribution in [0.15, 0.2) is 66.9 Å². The number of fused-ring (bicyclic) bond motifs is 13. The number of rotatable bonds is 2. The molecule has 0 radical (unpaired) electrons. The van der Waals surface area contributed by atoms with Crippen molar-refractivity contribution in [2.75, 3.05) is 0 Å². The number of aromatic nitrogens is 3. The van der Waals surface area contributed by atoms with Gasteiger partial charge in [0.05, 0.1) is 39.4 Å². The zero-order valence-corrected chi connectivity index (χ0v) is 22.0. The number of hydrogen-bond acceptors (Lipinski definition) is 4. The van der Waals surface area contributed by atoms with E-state index in [9.17, 15) is 14.7 Å². The summed E-state index contributed by atoms with van der Waals surface area (Å²) in [6.07, 6.45) is 0.913. The molecule has 0 saturated carbocycles. The van der Waals surface area contributed by atoms with E-state index in [1.165, 1.54) is 0 Å². The summed E-state index contributed by atoms with van der Waals surface area (Å²) in [5.74, 6) is -0.113. The Morgan fingerprint density at radius 2 is 1.73 bits per heavy atom. The number of nitrogens with one attached hydrogen (secondary N) is 1. The number of hydrogen-bond donors (Lipinski definition) is 2. The molecule has 6 aromatic rings. The van der Waals surface area contributed by atoms with Crippen molar-refractivity contribution in [3.8, 4) is 0 Å². The summed E-state index contributed by atoms with van der Waals surface area (Å²) in [4.78, 5) is 26.0. The molecule has 8 heteroatoms. The number of para-hydroxylation sites is 2. The number of nitrogens with zero attached hydrogens (tertiary/aromatic N) is 3. The largest absolute Gasteiger partial charge is 0.386 e. The number of benzene rings is 3. The zero-order chi connectivity index (χ0) is 27.1. The van der Waals surface area contributed by atoms with E-state index in [2.05, 4.69) is 38.7 Å². The lowest BCUT2D eigenvalue weighted by molar-refractivity contribution is -0.256. The van der Waals surface area contributed by atoms with Gasteiger partial charge >= 0.3 is 0 Å². The Bertz CT molecular complexity index is 2130. The number of ketones is 1. The average molecular weight is 531 g/mol.